The summed E-state index contributed by atoms with van der Waals surface area (Å²) < 4.78 is 5.12. The van der Waals surface area contributed by atoms with Crippen LogP contribution < -0.4 is 25.2 Å². The number of ether oxygens (including phenoxy) is 1. The number of methoxy groups -OCH3 is 1. The van der Waals surface area contributed by atoms with E-state index in [9.17, 15) is 9.90 Å². The molecule has 3 N–H and O–H groups in total. The van der Waals surface area contributed by atoms with Crippen LogP contribution in [0.25, 0.3) is 0 Å². The van der Waals surface area contributed by atoms with Crippen molar-refractivity contribution in [2.75, 3.05) is 67.3 Å². The molecule has 196 valence electrons. The molecule has 0 atom stereocenters. The summed E-state index contributed by atoms with van der Waals surface area (Å²) in [6, 6.07) is 10.5. The van der Waals surface area contributed by atoms with E-state index in [2.05, 4.69) is 49.5 Å². The highest BCUT2D eigenvalue weighted by molar-refractivity contribution is 6.41. The van der Waals surface area contributed by atoms with Gasteiger partial charge in [-0.1, -0.05) is 30.1 Å². The van der Waals surface area contributed by atoms with Gasteiger partial charge in [0.2, 0.25) is 0 Å². The first-order valence-electron chi connectivity index (χ1n) is 11.8. The van der Waals surface area contributed by atoms with Crippen molar-refractivity contribution in [2.45, 2.75) is 6.92 Å². The van der Waals surface area contributed by atoms with E-state index in [-0.39, 0.29) is 27.2 Å². The highest BCUT2D eigenvalue weighted by Crippen LogP contribution is 2.43. The van der Waals surface area contributed by atoms with Crippen molar-refractivity contribution in [1.29, 1.82) is 0 Å². The number of rotatable bonds is 7. The number of hydrogen-bond donors (Lipinski definition) is 3. The molecule has 1 aliphatic rings. The second-order valence-corrected chi connectivity index (χ2v) is 9.20. The van der Waals surface area contributed by atoms with Crippen LogP contribution in [0.3, 0.4) is 0 Å². The van der Waals surface area contributed by atoms with Crippen molar-refractivity contribution in [3.05, 3.63) is 52.8 Å². The number of benzene rings is 2. The van der Waals surface area contributed by atoms with Gasteiger partial charge in [-0.3, -0.25) is 4.90 Å². The number of aromatic nitrogens is 2. The molecule has 2 heterocycles. The molecule has 1 aliphatic heterocycles. The Morgan fingerprint density at radius 1 is 1.11 bits per heavy atom. The number of phenols is 1. The summed E-state index contributed by atoms with van der Waals surface area (Å²) in [6.45, 7) is 7.43. The molecule has 10 nitrogen and oxygen atoms in total. The molecule has 0 bridgehead atoms. The van der Waals surface area contributed by atoms with Gasteiger partial charge < -0.3 is 30.3 Å². The van der Waals surface area contributed by atoms with E-state index in [0.717, 1.165) is 38.4 Å². The average Bonchev–Trinajstić information content (AvgIpc) is 2.93. The first-order valence-corrected chi connectivity index (χ1v) is 12.5. The molecule has 1 fully saturated rings. The maximum absolute atomic E-state index is 12.9. The summed E-state index contributed by atoms with van der Waals surface area (Å²) in [7, 11) is 2.93. The molecular formula is C25H29Cl2N7O3. The fraction of sp³-hybridized carbons (Fsp3) is 0.320. The van der Waals surface area contributed by atoms with Crippen LogP contribution in [0.1, 0.15) is 6.92 Å². The van der Waals surface area contributed by atoms with Crippen molar-refractivity contribution in [1.82, 2.24) is 14.9 Å². The molecule has 12 heteroatoms. The summed E-state index contributed by atoms with van der Waals surface area (Å²) in [5.74, 6) is 0.747. The number of hydrogen-bond acceptors (Lipinski definition) is 8. The third-order valence-corrected chi connectivity index (χ3v) is 6.98. The van der Waals surface area contributed by atoms with E-state index in [1.54, 1.807) is 6.07 Å². The molecular weight excluding hydrogens is 517 g/mol. The number of carbonyl (C=O) groups excluding carboxylic acids is 1. The Balaban J connectivity index is 1.43. The van der Waals surface area contributed by atoms with Crippen molar-refractivity contribution in [3.63, 3.8) is 0 Å². The first kappa shape index (κ1) is 26.6. The third kappa shape index (κ3) is 6.10. The largest absolute Gasteiger partial charge is 0.506 e. The second kappa shape index (κ2) is 11.7. The molecule has 0 radical (unpaired) electrons. The molecule has 0 unspecified atom stereocenters. The van der Waals surface area contributed by atoms with Crippen molar-refractivity contribution < 1.29 is 14.6 Å². The topological polar surface area (TPSA) is 106 Å². The van der Waals surface area contributed by atoms with Gasteiger partial charge in [-0.15, -0.1) is 0 Å². The number of amides is 2. The smallest absolute Gasteiger partial charge is 0.327 e. The van der Waals surface area contributed by atoms with E-state index in [1.165, 1.54) is 37.1 Å². The third-order valence-electron chi connectivity index (χ3n) is 6.23. The molecule has 3 aromatic rings. The van der Waals surface area contributed by atoms with Crippen molar-refractivity contribution in [2.24, 2.45) is 0 Å². The summed E-state index contributed by atoms with van der Waals surface area (Å²) in [4.78, 5) is 27.5. The highest BCUT2D eigenvalue weighted by atomic mass is 35.5. The van der Waals surface area contributed by atoms with Crippen LogP contribution in [-0.4, -0.2) is 72.9 Å². The molecule has 0 aliphatic carbocycles. The standard InChI is InChI=1S/C25H29Cl2N7O3/c1-4-33-9-11-34(12-10-33)17-7-5-16(6-8-17)30-20-14-21(29-15-28-20)32(2)25(36)31-24-22(26)18(35)13-19(37-3)23(24)27/h5-8,13-15,35H,4,9-12H2,1-3H3,(H,31,36)(H,28,29,30). The maximum atomic E-state index is 12.9. The fourth-order valence-electron chi connectivity index (χ4n) is 3.98. The number of halogens is 2. The number of nitrogens with zero attached hydrogens (tertiary/aromatic N) is 5. The Labute approximate surface area is 225 Å². The molecule has 4 rings (SSSR count). The van der Waals surface area contributed by atoms with Gasteiger partial charge >= 0.3 is 6.03 Å². The van der Waals surface area contributed by atoms with Crippen LogP contribution in [0.2, 0.25) is 10.0 Å². The lowest BCUT2D eigenvalue weighted by molar-refractivity contribution is 0.258. The Kier molecular flexibility index (Phi) is 8.42. The van der Waals surface area contributed by atoms with Gasteiger partial charge in [-0.25, -0.2) is 14.8 Å². The number of urea groups is 1. The zero-order valence-corrected chi connectivity index (χ0v) is 22.3. The lowest BCUT2D eigenvalue weighted by Gasteiger charge is -2.35. The minimum Gasteiger partial charge on any atom is -0.506 e. The predicted octanol–water partition coefficient (Wildman–Crippen LogP) is 5.05. The molecule has 1 saturated heterocycles. The van der Waals surface area contributed by atoms with Crippen molar-refractivity contribution in [3.8, 4) is 11.5 Å². The number of nitrogens with one attached hydrogen (secondary N) is 2. The Morgan fingerprint density at radius 2 is 1.81 bits per heavy atom. The van der Waals surface area contributed by atoms with E-state index < -0.39 is 6.03 Å². The zero-order valence-electron chi connectivity index (χ0n) is 20.8. The van der Waals surface area contributed by atoms with Gasteiger partial charge in [0.15, 0.2) is 0 Å². The van der Waals surface area contributed by atoms with Gasteiger partial charge in [0.05, 0.1) is 12.8 Å². The van der Waals surface area contributed by atoms with Crippen LogP contribution in [0, 0.1) is 0 Å². The Bertz CT molecular complexity index is 1250. The molecule has 37 heavy (non-hydrogen) atoms. The number of carbonyl (C=O) groups is 1. The van der Waals surface area contributed by atoms with Gasteiger partial charge in [-0.05, 0) is 30.8 Å². The quantitative estimate of drug-likeness (QED) is 0.378. The second-order valence-electron chi connectivity index (χ2n) is 8.44. The van der Waals surface area contributed by atoms with Gasteiger partial charge in [-0.2, -0.15) is 0 Å². The van der Waals surface area contributed by atoms with E-state index >= 15 is 0 Å². The fourth-order valence-corrected chi connectivity index (χ4v) is 4.49. The Morgan fingerprint density at radius 3 is 2.46 bits per heavy atom. The monoisotopic (exact) mass is 545 g/mol. The molecule has 2 amide bonds. The highest BCUT2D eigenvalue weighted by Gasteiger charge is 2.21. The first-order chi connectivity index (χ1) is 17.8. The van der Waals surface area contributed by atoms with E-state index in [1.807, 2.05) is 12.1 Å². The predicted molar refractivity (Wildman–Crippen MR) is 148 cm³/mol. The SMILES string of the molecule is CCN1CCN(c2ccc(Nc3cc(N(C)C(=O)Nc4c(Cl)c(O)cc(OC)c4Cl)ncn3)cc2)CC1. The maximum Gasteiger partial charge on any atom is 0.327 e. The van der Waals surface area contributed by atoms with Crippen LogP contribution >= 0.6 is 23.2 Å². The minimum atomic E-state index is -0.575. The van der Waals surface area contributed by atoms with E-state index in [0.29, 0.717) is 11.6 Å². The van der Waals surface area contributed by atoms with Gasteiger partial charge in [0, 0.05) is 56.7 Å². The number of anilines is 5. The summed E-state index contributed by atoms with van der Waals surface area (Å²) in [6.07, 6.45) is 1.36. The number of piperazine rings is 1. The van der Waals surface area contributed by atoms with Crippen LogP contribution in [0.15, 0.2) is 42.7 Å². The Hall–Kier alpha value is -3.47. The van der Waals surface area contributed by atoms with Gasteiger partial charge in [0.1, 0.15) is 39.5 Å². The number of aromatic hydroxyl groups is 1. The number of phenolic OH excluding ortho intramolecular Hbond substituents is 1. The summed E-state index contributed by atoms with van der Waals surface area (Å²) in [5, 5.41) is 15.8. The van der Waals surface area contributed by atoms with Crippen LogP contribution in [-0.2, 0) is 0 Å². The average molecular weight is 546 g/mol. The molecule has 0 spiro atoms. The lowest BCUT2D eigenvalue weighted by Crippen LogP contribution is -2.46. The van der Waals surface area contributed by atoms with Gasteiger partial charge in [0.25, 0.3) is 0 Å². The molecule has 0 saturated carbocycles. The molecule has 1 aromatic heterocycles. The summed E-state index contributed by atoms with van der Waals surface area (Å²) >= 11 is 12.4. The number of likely N-dealkylation sites (N-methyl/N-ethyl adjacent to an activating group) is 1. The molecule has 2 aromatic carbocycles. The summed E-state index contributed by atoms with van der Waals surface area (Å²) in [5.41, 5.74) is 2.07. The van der Waals surface area contributed by atoms with E-state index in [4.69, 9.17) is 27.9 Å². The minimum absolute atomic E-state index is 0.0284. The van der Waals surface area contributed by atoms with Crippen LogP contribution in [0.4, 0.5) is 33.5 Å². The normalized spacial score (nSPS) is 13.8. The lowest BCUT2D eigenvalue weighted by atomic mass is 10.2. The van der Waals surface area contributed by atoms with Crippen LogP contribution in [0.5, 0.6) is 11.5 Å². The zero-order chi connectivity index (χ0) is 26.5. The van der Waals surface area contributed by atoms with Crippen molar-refractivity contribution >= 4 is 57.9 Å².